The van der Waals surface area contributed by atoms with Gasteiger partial charge in [-0.3, -0.25) is 0 Å². The SMILES string of the molecule is Cc1cc(CNC(C)CCCl)ccc1Cl. The van der Waals surface area contributed by atoms with Gasteiger partial charge in [-0.2, -0.15) is 0 Å². The second kappa shape index (κ2) is 6.37. The fourth-order valence-electron chi connectivity index (χ4n) is 1.37. The lowest BCUT2D eigenvalue weighted by Gasteiger charge is -2.12. The second-order valence-electron chi connectivity index (χ2n) is 3.84. The van der Waals surface area contributed by atoms with E-state index in [4.69, 9.17) is 23.2 Å². The minimum absolute atomic E-state index is 0.457. The Labute approximate surface area is 102 Å². The Morgan fingerprint density at radius 2 is 2.13 bits per heavy atom. The van der Waals surface area contributed by atoms with E-state index in [0.29, 0.717) is 11.9 Å². The van der Waals surface area contributed by atoms with E-state index in [1.165, 1.54) is 5.56 Å². The third kappa shape index (κ3) is 4.42. The van der Waals surface area contributed by atoms with Crippen LogP contribution in [0.1, 0.15) is 24.5 Å². The number of aryl methyl sites for hydroxylation is 1. The van der Waals surface area contributed by atoms with E-state index in [0.717, 1.165) is 23.6 Å². The number of hydrogen-bond donors (Lipinski definition) is 1. The normalized spacial score (nSPS) is 12.8. The first-order valence-corrected chi connectivity index (χ1v) is 6.09. The van der Waals surface area contributed by atoms with Crippen molar-refractivity contribution in [1.29, 1.82) is 0 Å². The van der Waals surface area contributed by atoms with Gasteiger partial charge in [-0.1, -0.05) is 23.7 Å². The van der Waals surface area contributed by atoms with Crippen molar-refractivity contribution in [2.24, 2.45) is 0 Å². The van der Waals surface area contributed by atoms with Crippen LogP contribution in [0.2, 0.25) is 5.02 Å². The minimum Gasteiger partial charge on any atom is -0.310 e. The third-order valence-electron chi connectivity index (χ3n) is 2.42. The molecule has 0 saturated heterocycles. The highest BCUT2D eigenvalue weighted by Gasteiger charge is 2.01. The van der Waals surface area contributed by atoms with Crippen molar-refractivity contribution >= 4 is 23.2 Å². The molecule has 0 amide bonds. The molecular formula is C12H17Cl2N. The smallest absolute Gasteiger partial charge is 0.0435 e. The van der Waals surface area contributed by atoms with Crippen LogP contribution in [0.5, 0.6) is 0 Å². The molecule has 1 atom stereocenters. The Bertz CT molecular complexity index is 312. The quantitative estimate of drug-likeness (QED) is 0.780. The van der Waals surface area contributed by atoms with Crippen LogP contribution in [0, 0.1) is 6.92 Å². The van der Waals surface area contributed by atoms with Gasteiger partial charge in [-0.25, -0.2) is 0 Å². The molecule has 84 valence electrons. The van der Waals surface area contributed by atoms with E-state index in [2.05, 4.69) is 24.4 Å². The molecule has 0 aliphatic carbocycles. The Kier molecular flexibility index (Phi) is 5.44. The summed E-state index contributed by atoms with van der Waals surface area (Å²) in [6.07, 6.45) is 0.994. The Hall–Kier alpha value is -0.240. The molecule has 0 heterocycles. The number of hydrogen-bond acceptors (Lipinski definition) is 1. The number of rotatable bonds is 5. The molecule has 1 rings (SSSR count). The second-order valence-corrected chi connectivity index (χ2v) is 4.63. The standard InChI is InChI=1S/C12H17Cl2N/c1-9-7-11(3-4-12(9)14)8-15-10(2)5-6-13/h3-4,7,10,15H,5-6,8H2,1-2H3. The highest BCUT2D eigenvalue weighted by Crippen LogP contribution is 2.16. The zero-order valence-electron chi connectivity index (χ0n) is 9.19. The molecule has 0 saturated carbocycles. The van der Waals surface area contributed by atoms with Gasteiger partial charge in [-0.15, -0.1) is 11.6 Å². The van der Waals surface area contributed by atoms with Crippen molar-refractivity contribution in [3.05, 3.63) is 34.3 Å². The lowest BCUT2D eigenvalue weighted by Crippen LogP contribution is -2.25. The maximum absolute atomic E-state index is 5.96. The van der Waals surface area contributed by atoms with Gasteiger partial charge in [0.25, 0.3) is 0 Å². The van der Waals surface area contributed by atoms with Gasteiger partial charge < -0.3 is 5.32 Å². The topological polar surface area (TPSA) is 12.0 Å². The van der Waals surface area contributed by atoms with Crippen LogP contribution >= 0.6 is 23.2 Å². The summed E-state index contributed by atoms with van der Waals surface area (Å²) in [4.78, 5) is 0. The van der Waals surface area contributed by atoms with Gasteiger partial charge in [0.05, 0.1) is 0 Å². The average molecular weight is 246 g/mol. The van der Waals surface area contributed by atoms with E-state index >= 15 is 0 Å². The van der Waals surface area contributed by atoms with Crippen molar-refractivity contribution in [2.45, 2.75) is 32.9 Å². The first kappa shape index (κ1) is 12.8. The lowest BCUT2D eigenvalue weighted by atomic mass is 10.1. The van der Waals surface area contributed by atoms with Crippen LogP contribution in [0.15, 0.2) is 18.2 Å². The number of halogens is 2. The molecule has 15 heavy (non-hydrogen) atoms. The minimum atomic E-state index is 0.457. The van der Waals surface area contributed by atoms with Crippen LogP contribution in [-0.4, -0.2) is 11.9 Å². The summed E-state index contributed by atoms with van der Waals surface area (Å²) in [5, 5.41) is 4.25. The molecule has 0 bridgehead atoms. The summed E-state index contributed by atoms with van der Waals surface area (Å²) in [7, 11) is 0. The Morgan fingerprint density at radius 1 is 1.40 bits per heavy atom. The molecule has 1 nitrogen and oxygen atoms in total. The molecule has 1 aromatic carbocycles. The van der Waals surface area contributed by atoms with Crippen LogP contribution < -0.4 is 5.32 Å². The lowest BCUT2D eigenvalue weighted by molar-refractivity contribution is 0.536. The van der Waals surface area contributed by atoms with Crippen LogP contribution in [0.4, 0.5) is 0 Å². The van der Waals surface area contributed by atoms with Gasteiger partial charge in [0, 0.05) is 23.5 Å². The van der Waals surface area contributed by atoms with Gasteiger partial charge in [0.15, 0.2) is 0 Å². The third-order valence-corrected chi connectivity index (χ3v) is 3.06. The Balaban J connectivity index is 2.47. The van der Waals surface area contributed by atoms with Gasteiger partial charge in [0.2, 0.25) is 0 Å². The van der Waals surface area contributed by atoms with Crippen LogP contribution in [0.25, 0.3) is 0 Å². The predicted molar refractivity (Wildman–Crippen MR) is 67.8 cm³/mol. The summed E-state index contributed by atoms with van der Waals surface area (Å²) >= 11 is 11.6. The molecule has 0 aliphatic rings. The van der Waals surface area contributed by atoms with Gasteiger partial charge >= 0.3 is 0 Å². The zero-order chi connectivity index (χ0) is 11.3. The molecule has 1 N–H and O–H groups in total. The van der Waals surface area contributed by atoms with Crippen molar-refractivity contribution in [3.63, 3.8) is 0 Å². The fraction of sp³-hybridized carbons (Fsp3) is 0.500. The van der Waals surface area contributed by atoms with Crippen molar-refractivity contribution in [3.8, 4) is 0 Å². The molecule has 0 aliphatic heterocycles. The van der Waals surface area contributed by atoms with Gasteiger partial charge in [-0.05, 0) is 37.5 Å². The number of alkyl halides is 1. The number of nitrogens with one attached hydrogen (secondary N) is 1. The highest BCUT2D eigenvalue weighted by atomic mass is 35.5. The van der Waals surface area contributed by atoms with Crippen LogP contribution in [-0.2, 0) is 6.54 Å². The maximum Gasteiger partial charge on any atom is 0.0435 e. The molecule has 0 radical (unpaired) electrons. The highest BCUT2D eigenvalue weighted by molar-refractivity contribution is 6.31. The molecule has 1 aromatic rings. The largest absolute Gasteiger partial charge is 0.310 e. The van der Waals surface area contributed by atoms with Crippen molar-refractivity contribution in [2.75, 3.05) is 5.88 Å². The summed E-state index contributed by atoms with van der Waals surface area (Å²) < 4.78 is 0. The summed E-state index contributed by atoms with van der Waals surface area (Å²) in [5.41, 5.74) is 2.39. The van der Waals surface area contributed by atoms with Crippen molar-refractivity contribution in [1.82, 2.24) is 5.32 Å². The van der Waals surface area contributed by atoms with Gasteiger partial charge in [0.1, 0.15) is 0 Å². The Morgan fingerprint density at radius 3 is 2.73 bits per heavy atom. The fourth-order valence-corrected chi connectivity index (χ4v) is 1.82. The summed E-state index contributed by atoms with van der Waals surface area (Å²) in [6, 6.07) is 6.57. The monoisotopic (exact) mass is 245 g/mol. The molecule has 1 unspecified atom stereocenters. The maximum atomic E-state index is 5.96. The van der Waals surface area contributed by atoms with E-state index in [1.54, 1.807) is 0 Å². The first-order valence-electron chi connectivity index (χ1n) is 5.18. The average Bonchev–Trinajstić information content (AvgIpc) is 2.20. The molecule has 0 fully saturated rings. The van der Waals surface area contributed by atoms with E-state index in [9.17, 15) is 0 Å². The summed E-state index contributed by atoms with van der Waals surface area (Å²) in [5.74, 6) is 0.702. The van der Waals surface area contributed by atoms with E-state index in [-0.39, 0.29) is 0 Å². The predicted octanol–water partition coefficient (Wildman–Crippen LogP) is 3.76. The number of benzene rings is 1. The zero-order valence-corrected chi connectivity index (χ0v) is 10.7. The van der Waals surface area contributed by atoms with E-state index < -0.39 is 0 Å². The summed E-state index contributed by atoms with van der Waals surface area (Å²) in [6.45, 7) is 5.04. The first-order chi connectivity index (χ1) is 7.13. The molecular weight excluding hydrogens is 229 g/mol. The van der Waals surface area contributed by atoms with Crippen LogP contribution in [0.3, 0.4) is 0 Å². The molecule has 0 spiro atoms. The molecule has 3 heteroatoms. The van der Waals surface area contributed by atoms with E-state index in [1.807, 2.05) is 13.0 Å². The van der Waals surface area contributed by atoms with Crippen molar-refractivity contribution < 1.29 is 0 Å². The molecule has 0 aromatic heterocycles.